The van der Waals surface area contributed by atoms with E-state index >= 15 is 0 Å². The lowest BCUT2D eigenvalue weighted by atomic mass is 10.0. The van der Waals surface area contributed by atoms with Gasteiger partial charge in [0.1, 0.15) is 21.5 Å². The van der Waals surface area contributed by atoms with Crippen LogP contribution >= 0.6 is 11.3 Å². The third-order valence-electron chi connectivity index (χ3n) is 3.48. The smallest absolute Gasteiger partial charge is 0.349 e. The number of rotatable bonds is 3. The molecule has 4 nitrogen and oxygen atoms in total. The second kappa shape index (κ2) is 5.96. The topological polar surface area (TPSA) is 59.4 Å². The van der Waals surface area contributed by atoms with Gasteiger partial charge in [-0.15, -0.1) is 11.3 Å². The number of phenolic OH excluding ortho intramolecular Hbond substituents is 1. The highest BCUT2D eigenvalue weighted by Gasteiger charge is 2.15. The Morgan fingerprint density at radius 3 is 2.91 bits per heavy atom. The van der Waals surface area contributed by atoms with E-state index in [0.717, 1.165) is 16.9 Å². The molecule has 2 aromatic carbocycles. The number of thiazole rings is 1. The molecule has 1 heterocycles. The molecule has 0 radical (unpaired) electrons. The van der Waals surface area contributed by atoms with Gasteiger partial charge < -0.3 is 9.84 Å². The summed E-state index contributed by atoms with van der Waals surface area (Å²) in [5.41, 5.74) is 1.34. The van der Waals surface area contributed by atoms with Gasteiger partial charge in [0.25, 0.3) is 0 Å². The van der Waals surface area contributed by atoms with E-state index in [2.05, 4.69) is 4.98 Å². The van der Waals surface area contributed by atoms with Gasteiger partial charge >= 0.3 is 5.97 Å². The number of carbonyl (C=O) groups is 1. The summed E-state index contributed by atoms with van der Waals surface area (Å²) in [6.45, 7) is 3.82. The Balaban J connectivity index is 2.11. The van der Waals surface area contributed by atoms with Crippen molar-refractivity contribution in [1.29, 1.82) is 0 Å². The summed E-state index contributed by atoms with van der Waals surface area (Å²) < 4.78 is 19.0. The summed E-state index contributed by atoms with van der Waals surface area (Å²) in [6, 6.07) is 6.15. The summed E-state index contributed by atoms with van der Waals surface area (Å²) in [5, 5.41) is 11.6. The van der Waals surface area contributed by atoms with Crippen LogP contribution in [0.2, 0.25) is 0 Å². The molecular formula is C17H14FNO3S. The van der Waals surface area contributed by atoms with Crippen LogP contribution in [0.4, 0.5) is 4.39 Å². The van der Waals surface area contributed by atoms with E-state index < -0.39 is 11.8 Å². The Morgan fingerprint density at radius 2 is 2.17 bits per heavy atom. The van der Waals surface area contributed by atoms with E-state index in [1.54, 1.807) is 19.1 Å². The molecule has 6 heteroatoms. The number of fused-ring (bicyclic) bond motifs is 1. The van der Waals surface area contributed by atoms with E-state index in [9.17, 15) is 14.3 Å². The van der Waals surface area contributed by atoms with E-state index in [1.807, 2.05) is 6.92 Å². The first-order valence-corrected chi connectivity index (χ1v) is 7.88. The number of hydrogen-bond donors (Lipinski definition) is 1. The molecule has 1 aromatic heterocycles. The molecule has 0 aliphatic carbocycles. The van der Waals surface area contributed by atoms with Crippen LogP contribution in [0, 0.1) is 12.7 Å². The minimum Gasteiger partial charge on any atom is -0.507 e. The van der Waals surface area contributed by atoms with Gasteiger partial charge in [0.05, 0.1) is 12.8 Å². The number of hydrogen-bond acceptors (Lipinski definition) is 5. The zero-order valence-corrected chi connectivity index (χ0v) is 13.4. The van der Waals surface area contributed by atoms with Crippen LogP contribution in [-0.4, -0.2) is 22.7 Å². The zero-order valence-electron chi connectivity index (χ0n) is 12.6. The molecule has 1 N–H and O–H groups in total. The van der Waals surface area contributed by atoms with Crippen molar-refractivity contribution in [3.05, 3.63) is 46.7 Å². The molecule has 0 aliphatic rings. The van der Waals surface area contributed by atoms with Crippen LogP contribution in [0.25, 0.3) is 21.3 Å². The Hall–Kier alpha value is -2.47. The first-order chi connectivity index (χ1) is 11.0. The molecule has 23 heavy (non-hydrogen) atoms. The number of ether oxygens (including phenoxy) is 1. The molecule has 0 atom stereocenters. The maximum Gasteiger partial charge on any atom is 0.349 e. The Morgan fingerprint density at radius 1 is 1.39 bits per heavy atom. The first kappa shape index (κ1) is 15.4. The fourth-order valence-corrected chi connectivity index (χ4v) is 3.23. The molecule has 3 rings (SSSR count). The molecule has 0 amide bonds. The van der Waals surface area contributed by atoms with Crippen molar-refractivity contribution in [3.63, 3.8) is 0 Å². The summed E-state index contributed by atoms with van der Waals surface area (Å²) in [7, 11) is 0. The van der Waals surface area contributed by atoms with E-state index in [-0.39, 0.29) is 12.4 Å². The number of halogens is 1. The SMILES string of the molecule is CCOC(=O)c1cnc(-c2cc(O)c3c(C)ccc(F)c3c2)s1. The summed E-state index contributed by atoms with van der Waals surface area (Å²) >= 11 is 1.14. The molecule has 0 spiro atoms. The normalized spacial score (nSPS) is 10.9. The highest BCUT2D eigenvalue weighted by molar-refractivity contribution is 7.16. The lowest BCUT2D eigenvalue weighted by Gasteiger charge is -2.08. The van der Waals surface area contributed by atoms with Gasteiger partial charge in [-0.25, -0.2) is 14.2 Å². The van der Waals surface area contributed by atoms with Gasteiger partial charge in [-0.05, 0) is 37.6 Å². The Bertz CT molecular complexity index is 904. The fourth-order valence-electron chi connectivity index (χ4n) is 2.43. The van der Waals surface area contributed by atoms with E-state index in [1.165, 1.54) is 18.3 Å². The zero-order chi connectivity index (χ0) is 16.6. The van der Waals surface area contributed by atoms with Gasteiger partial charge in [0.15, 0.2) is 0 Å². The van der Waals surface area contributed by atoms with E-state index in [0.29, 0.717) is 26.2 Å². The lowest BCUT2D eigenvalue weighted by Crippen LogP contribution is -2.01. The number of phenols is 1. The molecular weight excluding hydrogens is 317 g/mol. The first-order valence-electron chi connectivity index (χ1n) is 7.06. The van der Waals surface area contributed by atoms with Crippen molar-refractivity contribution in [3.8, 4) is 16.3 Å². The van der Waals surface area contributed by atoms with Crippen LogP contribution in [0.5, 0.6) is 5.75 Å². The number of nitrogens with zero attached hydrogens (tertiary/aromatic N) is 1. The van der Waals surface area contributed by atoms with Gasteiger partial charge in [0, 0.05) is 16.3 Å². The number of aryl methyl sites for hydroxylation is 1. The lowest BCUT2D eigenvalue weighted by molar-refractivity contribution is 0.0532. The van der Waals surface area contributed by atoms with Gasteiger partial charge in [-0.2, -0.15) is 0 Å². The highest BCUT2D eigenvalue weighted by atomic mass is 32.1. The fraction of sp³-hybridized carbons (Fsp3) is 0.176. The number of esters is 1. The summed E-state index contributed by atoms with van der Waals surface area (Å²) in [5.74, 6) is -0.865. The van der Waals surface area contributed by atoms with Crippen LogP contribution < -0.4 is 0 Å². The van der Waals surface area contributed by atoms with E-state index in [4.69, 9.17) is 4.74 Å². The molecule has 0 saturated carbocycles. The molecule has 0 saturated heterocycles. The number of carbonyl (C=O) groups excluding carboxylic acids is 1. The van der Waals surface area contributed by atoms with Crippen LogP contribution in [0.15, 0.2) is 30.5 Å². The Kier molecular flexibility index (Phi) is 4.00. The standard InChI is InChI=1S/C17H14FNO3S/c1-3-22-17(21)14-8-19-16(23-14)10-6-11-12(18)5-4-9(2)15(11)13(20)7-10/h4-8,20H,3H2,1-2H3. The molecule has 3 aromatic rings. The maximum absolute atomic E-state index is 14.1. The van der Waals surface area contributed by atoms with Crippen molar-refractivity contribution < 1.29 is 19.0 Å². The van der Waals surface area contributed by atoms with Crippen LogP contribution in [-0.2, 0) is 4.74 Å². The average molecular weight is 331 g/mol. The minimum atomic E-state index is -0.441. The van der Waals surface area contributed by atoms with Crippen LogP contribution in [0.3, 0.4) is 0 Å². The number of benzene rings is 2. The molecule has 0 bridgehead atoms. The predicted octanol–water partition coefficient (Wildman–Crippen LogP) is 4.29. The quantitative estimate of drug-likeness (QED) is 0.727. The number of aromatic hydroxyl groups is 1. The summed E-state index contributed by atoms with van der Waals surface area (Å²) in [6.07, 6.45) is 1.42. The van der Waals surface area contributed by atoms with Crippen molar-refractivity contribution in [2.75, 3.05) is 6.61 Å². The van der Waals surface area contributed by atoms with Crippen molar-refractivity contribution in [2.45, 2.75) is 13.8 Å². The molecule has 0 fully saturated rings. The van der Waals surface area contributed by atoms with Gasteiger partial charge in [0.2, 0.25) is 0 Å². The van der Waals surface area contributed by atoms with Crippen LogP contribution in [0.1, 0.15) is 22.2 Å². The molecule has 0 aliphatic heterocycles. The predicted molar refractivity (Wildman–Crippen MR) is 87.4 cm³/mol. The van der Waals surface area contributed by atoms with Crippen molar-refractivity contribution in [1.82, 2.24) is 4.98 Å². The second-order valence-corrected chi connectivity index (χ2v) is 6.06. The summed E-state index contributed by atoms with van der Waals surface area (Å²) in [4.78, 5) is 16.2. The third kappa shape index (κ3) is 2.77. The van der Waals surface area contributed by atoms with Gasteiger partial charge in [-0.1, -0.05) is 6.07 Å². The number of aromatic nitrogens is 1. The van der Waals surface area contributed by atoms with Gasteiger partial charge in [-0.3, -0.25) is 0 Å². The Labute approximate surface area is 136 Å². The van der Waals surface area contributed by atoms with Crippen molar-refractivity contribution in [2.24, 2.45) is 0 Å². The van der Waals surface area contributed by atoms with Crippen molar-refractivity contribution >= 4 is 28.1 Å². The second-order valence-electron chi connectivity index (χ2n) is 5.03. The third-order valence-corrected chi connectivity index (χ3v) is 4.50. The minimum absolute atomic E-state index is 0.0117. The highest BCUT2D eigenvalue weighted by Crippen LogP contribution is 2.36. The monoisotopic (exact) mass is 331 g/mol. The largest absolute Gasteiger partial charge is 0.507 e. The maximum atomic E-state index is 14.1. The molecule has 118 valence electrons. The molecule has 0 unspecified atom stereocenters. The average Bonchev–Trinajstić information content (AvgIpc) is 3.01.